The third-order valence-electron chi connectivity index (χ3n) is 8.94. The Bertz CT molecular complexity index is 1520. The van der Waals surface area contributed by atoms with Gasteiger partial charge < -0.3 is 30.3 Å². The summed E-state index contributed by atoms with van der Waals surface area (Å²) in [6.45, 7) is 8.94. The Morgan fingerprint density at radius 2 is 2.02 bits per heavy atom. The summed E-state index contributed by atoms with van der Waals surface area (Å²) in [7, 11) is 0. The van der Waals surface area contributed by atoms with Crippen LogP contribution in [0.1, 0.15) is 71.2 Å². The first-order chi connectivity index (χ1) is 20.0. The summed E-state index contributed by atoms with van der Waals surface area (Å²) in [5.74, 6) is 0.706. The molecule has 2 aromatic carbocycles. The first-order valence-corrected chi connectivity index (χ1v) is 14.1. The number of halogens is 3. The van der Waals surface area contributed by atoms with Crippen LogP contribution in [-0.2, 0) is 22.9 Å². The minimum absolute atomic E-state index is 0.0121. The van der Waals surface area contributed by atoms with Gasteiger partial charge in [-0.25, -0.2) is 0 Å². The van der Waals surface area contributed by atoms with Crippen LogP contribution in [0.5, 0.6) is 0 Å². The smallest absolute Gasteiger partial charge is 0.369 e. The van der Waals surface area contributed by atoms with Gasteiger partial charge in [-0.15, -0.1) is 0 Å². The number of carbonyl (C=O) groups is 2. The monoisotopic (exact) mass is 577 g/mol. The van der Waals surface area contributed by atoms with E-state index in [1.54, 1.807) is 24.0 Å². The van der Waals surface area contributed by atoms with Crippen LogP contribution in [-0.4, -0.2) is 46.5 Å². The number of hydrogen-bond donors (Lipinski definition) is 1. The average molecular weight is 578 g/mol. The van der Waals surface area contributed by atoms with Gasteiger partial charge in [0.15, 0.2) is 0 Å². The van der Waals surface area contributed by atoms with Crippen molar-refractivity contribution in [3.05, 3.63) is 89.0 Å². The summed E-state index contributed by atoms with van der Waals surface area (Å²) in [4.78, 5) is 32.8. The largest absolute Gasteiger partial charge is 0.416 e. The number of alkyl halides is 3. The van der Waals surface area contributed by atoms with E-state index in [9.17, 15) is 22.8 Å². The molecule has 0 bridgehead atoms. The minimum Gasteiger partial charge on any atom is -0.369 e. The SMILES string of the molecule is C=CC(=O)N1CC(CN[C@H](C)c2cc3c(c(C(F)(F)F)c2)CN(c2cccc(C4(c5nnc[n-]5)CC(C)C4)c2)C3=O)C1. The van der Waals surface area contributed by atoms with Crippen LogP contribution in [0.25, 0.3) is 0 Å². The number of aromatic nitrogens is 3. The van der Waals surface area contributed by atoms with Crippen LogP contribution in [0.15, 0.2) is 55.4 Å². The van der Waals surface area contributed by atoms with Crippen molar-refractivity contribution in [1.29, 1.82) is 0 Å². The lowest BCUT2D eigenvalue weighted by atomic mass is 9.58. The topological polar surface area (TPSA) is 92.5 Å². The van der Waals surface area contributed by atoms with Gasteiger partial charge >= 0.3 is 6.18 Å². The zero-order valence-corrected chi connectivity index (χ0v) is 23.5. The Hall–Kier alpha value is -3.99. The number of amides is 2. The van der Waals surface area contributed by atoms with Crippen molar-refractivity contribution in [3.8, 4) is 0 Å². The number of nitrogens with zero attached hydrogens (tertiary/aromatic N) is 5. The van der Waals surface area contributed by atoms with Crippen molar-refractivity contribution < 1.29 is 22.8 Å². The molecule has 3 aliphatic rings. The molecule has 3 heterocycles. The van der Waals surface area contributed by atoms with E-state index in [2.05, 4.69) is 34.0 Å². The van der Waals surface area contributed by atoms with Crippen molar-refractivity contribution in [2.24, 2.45) is 11.8 Å². The van der Waals surface area contributed by atoms with Crippen LogP contribution in [0.3, 0.4) is 0 Å². The van der Waals surface area contributed by atoms with Crippen LogP contribution in [0.4, 0.5) is 18.9 Å². The Balaban J connectivity index is 1.25. The number of hydrogen-bond acceptors (Lipinski definition) is 5. The van der Waals surface area contributed by atoms with Gasteiger partial charge in [0, 0.05) is 54.1 Å². The zero-order valence-electron chi connectivity index (χ0n) is 23.5. The quantitative estimate of drug-likeness (QED) is 0.393. The second-order valence-electron chi connectivity index (χ2n) is 11.9. The molecule has 0 unspecified atom stereocenters. The predicted octanol–water partition coefficient (Wildman–Crippen LogP) is 4.62. The van der Waals surface area contributed by atoms with Crippen molar-refractivity contribution in [2.75, 3.05) is 24.5 Å². The molecule has 6 rings (SSSR count). The molecule has 1 saturated carbocycles. The fraction of sp³-hybridized carbons (Fsp3) is 0.419. The lowest BCUT2D eigenvalue weighted by molar-refractivity contribution is -0.138. The minimum atomic E-state index is -4.62. The van der Waals surface area contributed by atoms with E-state index in [-0.39, 0.29) is 29.5 Å². The Labute approximate surface area is 242 Å². The van der Waals surface area contributed by atoms with E-state index in [4.69, 9.17) is 0 Å². The Kier molecular flexibility index (Phi) is 6.95. The lowest BCUT2D eigenvalue weighted by Crippen LogP contribution is -2.52. The van der Waals surface area contributed by atoms with Crippen LogP contribution in [0.2, 0.25) is 0 Å². The maximum absolute atomic E-state index is 14.3. The van der Waals surface area contributed by atoms with Gasteiger partial charge in [0.05, 0.1) is 12.1 Å². The van der Waals surface area contributed by atoms with E-state index in [0.717, 1.165) is 24.5 Å². The highest BCUT2D eigenvalue weighted by atomic mass is 19.4. The van der Waals surface area contributed by atoms with E-state index in [1.165, 1.54) is 17.3 Å². The number of carbonyl (C=O) groups excluding carboxylic acids is 2. The van der Waals surface area contributed by atoms with Gasteiger partial charge in [0.25, 0.3) is 5.91 Å². The standard InChI is InChI=1S/C31H32F3N6O2/c1-4-27(41)39-14-20(15-39)13-35-19(3)21-8-24-25(26(9-21)31(32,33)34)16-40(28(24)42)23-7-5-6-22(10-23)30(11-18(2)12-30)29-36-17-37-38-29/h4-10,17-20,35H,1,11-16H2,2-3H3/q-1/t18?,19-,30?/m1/s1. The summed E-state index contributed by atoms with van der Waals surface area (Å²) in [6, 6.07) is 9.73. The first-order valence-electron chi connectivity index (χ1n) is 14.1. The van der Waals surface area contributed by atoms with Crippen LogP contribution >= 0.6 is 0 Å². The summed E-state index contributed by atoms with van der Waals surface area (Å²) in [6.07, 6.45) is -0.279. The second-order valence-corrected chi connectivity index (χ2v) is 11.9. The van der Waals surface area contributed by atoms with Crippen LogP contribution < -0.4 is 15.2 Å². The van der Waals surface area contributed by atoms with Crippen molar-refractivity contribution in [2.45, 2.75) is 50.9 Å². The first kappa shape index (κ1) is 28.1. The lowest BCUT2D eigenvalue weighted by Gasteiger charge is -2.48. The van der Waals surface area contributed by atoms with E-state index >= 15 is 0 Å². The Morgan fingerprint density at radius 1 is 1.26 bits per heavy atom. The summed E-state index contributed by atoms with van der Waals surface area (Å²) >= 11 is 0. The molecule has 1 aliphatic carbocycles. The van der Waals surface area contributed by atoms with E-state index in [1.807, 2.05) is 18.2 Å². The van der Waals surface area contributed by atoms with Crippen molar-refractivity contribution in [1.82, 2.24) is 25.4 Å². The molecule has 2 fully saturated rings. The van der Waals surface area contributed by atoms with E-state index in [0.29, 0.717) is 42.6 Å². The molecule has 220 valence electrons. The number of fused-ring (bicyclic) bond motifs is 1. The Morgan fingerprint density at radius 3 is 2.67 bits per heavy atom. The summed E-state index contributed by atoms with van der Waals surface area (Å²) < 4.78 is 43.0. The van der Waals surface area contributed by atoms with Crippen molar-refractivity contribution in [3.63, 3.8) is 0 Å². The average Bonchev–Trinajstić information content (AvgIpc) is 3.57. The van der Waals surface area contributed by atoms with Gasteiger partial charge in [0.2, 0.25) is 5.91 Å². The molecule has 2 amide bonds. The number of rotatable bonds is 8. The van der Waals surface area contributed by atoms with Gasteiger partial charge in [-0.1, -0.05) is 25.6 Å². The number of anilines is 1. The van der Waals surface area contributed by atoms with Gasteiger partial charge in [-0.2, -0.15) is 13.2 Å². The maximum atomic E-state index is 14.3. The number of likely N-dealkylation sites (tertiary alicyclic amines) is 1. The fourth-order valence-electron chi connectivity index (χ4n) is 6.67. The molecule has 1 atom stereocenters. The van der Waals surface area contributed by atoms with Crippen LogP contribution in [0, 0.1) is 11.8 Å². The molecular weight excluding hydrogens is 545 g/mol. The fourth-order valence-corrected chi connectivity index (χ4v) is 6.67. The molecule has 8 nitrogen and oxygen atoms in total. The molecule has 11 heteroatoms. The van der Waals surface area contributed by atoms with Gasteiger partial charge in [-0.3, -0.25) is 9.59 Å². The molecule has 1 aromatic heterocycles. The second kappa shape index (κ2) is 10.4. The molecule has 0 radical (unpaired) electrons. The highest BCUT2D eigenvalue weighted by Gasteiger charge is 2.45. The number of benzene rings is 2. The highest BCUT2D eigenvalue weighted by molar-refractivity contribution is 6.10. The molecule has 3 aromatic rings. The highest BCUT2D eigenvalue weighted by Crippen LogP contribution is 2.51. The zero-order chi connectivity index (χ0) is 29.8. The summed E-state index contributed by atoms with van der Waals surface area (Å²) in [5.41, 5.74) is 0.700. The summed E-state index contributed by atoms with van der Waals surface area (Å²) in [5, 5.41) is 11.4. The van der Waals surface area contributed by atoms with Gasteiger partial charge in [-0.05, 0) is 79.0 Å². The molecule has 42 heavy (non-hydrogen) atoms. The molecule has 1 N–H and O–H groups in total. The predicted molar refractivity (Wildman–Crippen MR) is 150 cm³/mol. The molecule has 2 aliphatic heterocycles. The molecule has 1 saturated heterocycles. The van der Waals surface area contributed by atoms with Gasteiger partial charge in [0.1, 0.15) is 0 Å². The van der Waals surface area contributed by atoms with E-state index < -0.39 is 29.1 Å². The third kappa shape index (κ3) is 4.79. The molecular formula is C31H32F3N6O2-. The maximum Gasteiger partial charge on any atom is 0.416 e. The third-order valence-corrected chi connectivity index (χ3v) is 8.94. The van der Waals surface area contributed by atoms with Crippen molar-refractivity contribution >= 4 is 17.5 Å². The molecule has 0 spiro atoms. The normalized spacial score (nSPS) is 22.9. The number of nitrogens with one attached hydrogen (secondary N) is 1.